The average Bonchev–Trinajstić information content (AvgIpc) is 3.96. The molecule has 6 rings (SSSR count). The standard InChI is InChI=1S/C12H8N2.3C8H5F3O2S.Eu/c1-3-9-5-6-10-4-2-8-14-12(10)11(9)13-7-1;3*9-8(10,11)7(13)4-5(12)6-2-1-3-14-6;/h1-8H;3*1-4,13H;. The summed E-state index contributed by atoms with van der Waals surface area (Å²) in [4.78, 5) is 42.3. The van der Waals surface area contributed by atoms with Crippen molar-refractivity contribution in [2.75, 3.05) is 0 Å². The fourth-order valence-electron chi connectivity index (χ4n) is 3.77. The van der Waals surface area contributed by atoms with Crippen LogP contribution >= 0.6 is 34.0 Å². The summed E-state index contributed by atoms with van der Waals surface area (Å²) >= 11 is 3.03. The zero-order valence-corrected chi connectivity index (χ0v) is 32.9. The van der Waals surface area contributed by atoms with Gasteiger partial charge < -0.3 is 15.3 Å². The van der Waals surface area contributed by atoms with E-state index in [1.807, 2.05) is 12.1 Å². The summed E-state index contributed by atoms with van der Waals surface area (Å²) in [6.45, 7) is 0. The maximum absolute atomic E-state index is 11.8. The summed E-state index contributed by atoms with van der Waals surface area (Å²) in [7, 11) is 0. The number of aliphatic hydroxyl groups is 3. The Balaban J connectivity index is 0.000000261. The van der Waals surface area contributed by atoms with Crippen LogP contribution in [0.4, 0.5) is 39.5 Å². The number of aromatic nitrogens is 2. The predicted octanol–water partition coefficient (Wildman–Crippen LogP) is 11.6. The zero-order chi connectivity index (χ0) is 41.7. The Labute approximate surface area is 368 Å². The number of pyridine rings is 2. The molecule has 0 aliphatic rings. The fraction of sp³-hybridized carbons (Fsp3) is 0.0833. The quantitative estimate of drug-likeness (QED) is 0.0493. The number of allylic oxidation sites excluding steroid dienone is 6. The van der Waals surface area contributed by atoms with Crippen molar-refractivity contribution in [2.24, 2.45) is 0 Å². The SMILES string of the molecule is O=C(C=C(O)C(F)(F)F)c1cccs1.O=C(C=C(O)C(F)(F)F)c1cccs1.O=C(C=C(O)C(F)(F)F)c1cccs1.[Eu].c1cnc2c(c1)ccc1cccnc12. The first-order valence-electron chi connectivity index (χ1n) is 14.9. The van der Waals surface area contributed by atoms with Gasteiger partial charge in [0.1, 0.15) is 0 Å². The van der Waals surface area contributed by atoms with Crippen LogP contribution in [0.1, 0.15) is 29.0 Å². The van der Waals surface area contributed by atoms with Crippen molar-refractivity contribution in [2.45, 2.75) is 18.5 Å². The van der Waals surface area contributed by atoms with E-state index in [0.29, 0.717) is 0 Å². The summed E-state index contributed by atoms with van der Waals surface area (Å²) in [6, 6.07) is 20.9. The fourth-order valence-corrected chi connectivity index (χ4v) is 5.68. The van der Waals surface area contributed by atoms with Crippen molar-refractivity contribution in [3.05, 3.63) is 151 Å². The van der Waals surface area contributed by atoms with Gasteiger partial charge in [0.05, 0.1) is 25.7 Å². The van der Waals surface area contributed by atoms with Gasteiger partial charge >= 0.3 is 18.5 Å². The summed E-state index contributed by atoms with van der Waals surface area (Å²) in [5.41, 5.74) is 1.95. The molecule has 301 valence electrons. The summed E-state index contributed by atoms with van der Waals surface area (Å²) in [5.74, 6) is -8.19. The maximum atomic E-state index is 11.8. The third-order valence-electron chi connectivity index (χ3n) is 6.31. The minimum atomic E-state index is -4.87. The number of carbonyl (C=O) groups excluding carboxylic acids is 3. The molecule has 1 radical (unpaired) electrons. The molecule has 0 aliphatic carbocycles. The van der Waals surface area contributed by atoms with Crippen LogP contribution in [-0.4, -0.2) is 61.2 Å². The van der Waals surface area contributed by atoms with Crippen molar-refractivity contribution in [3.8, 4) is 0 Å². The Hall–Kier alpha value is -4.28. The zero-order valence-electron chi connectivity index (χ0n) is 28.0. The largest absolute Gasteiger partial charge is 0.504 e. The molecular weight excluding hydrogens is 976 g/mol. The molecule has 1 aromatic carbocycles. The molecular formula is C36H23EuF9N2O6S3. The van der Waals surface area contributed by atoms with E-state index in [-0.39, 0.29) is 82.2 Å². The van der Waals surface area contributed by atoms with Gasteiger partial charge in [-0.2, -0.15) is 39.5 Å². The van der Waals surface area contributed by atoms with Crippen LogP contribution in [0.3, 0.4) is 0 Å². The average molecular weight is 999 g/mol. The molecule has 0 spiro atoms. The Morgan fingerprint density at radius 2 is 0.754 bits per heavy atom. The van der Waals surface area contributed by atoms with Gasteiger partial charge in [-0.25, -0.2) is 0 Å². The molecule has 0 aliphatic heterocycles. The normalized spacial score (nSPS) is 12.2. The first kappa shape index (κ1) is 48.9. The molecule has 0 unspecified atom stereocenters. The van der Waals surface area contributed by atoms with E-state index in [4.69, 9.17) is 15.3 Å². The number of alkyl halides is 9. The van der Waals surface area contributed by atoms with E-state index in [2.05, 4.69) is 34.2 Å². The maximum Gasteiger partial charge on any atom is 0.448 e. The van der Waals surface area contributed by atoms with Crippen molar-refractivity contribution in [1.29, 1.82) is 0 Å². The van der Waals surface area contributed by atoms with Crippen LogP contribution in [0, 0.1) is 49.4 Å². The van der Waals surface area contributed by atoms with Crippen LogP contribution in [0.2, 0.25) is 0 Å². The molecule has 0 bridgehead atoms. The molecule has 57 heavy (non-hydrogen) atoms. The van der Waals surface area contributed by atoms with E-state index in [9.17, 15) is 53.9 Å². The van der Waals surface area contributed by atoms with Gasteiger partial charge in [0.25, 0.3) is 0 Å². The van der Waals surface area contributed by atoms with Gasteiger partial charge in [-0.15, -0.1) is 34.0 Å². The number of aliphatic hydroxyl groups excluding tert-OH is 3. The number of nitrogens with zero attached hydrogens (tertiary/aromatic N) is 2. The van der Waals surface area contributed by atoms with E-state index in [1.54, 1.807) is 28.5 Å². The van der Waals surface area contributed by atoms with Crippen molar-refractivity contribution < 1.29 is 119 Å². The molecule has 6 aromatic rings. The third-order valence-corrected chi connectivity index (χ3v) is 8.96. The summed E-state index contributed by atoms with van der Waals surface area (Å²) < 4.78 is 106. The molecule has 0 saturated heterocycles. The molecule has 0 amide bonds. The smallest absolute Gasteiger partial charge is 0.448 e. The molecule has 5 heterocycles. The number of fused-ring (bicyclic) bond motifs is 3. The van der Waals surface area contributed by atoms with E-state index in [1.165, 1.54) is 36.4 Å². The van der Waals surface area contributed by atoms with Gasteiger partial charge in [0, 0.05) is 90.8 Å². The minimum Gasteiger partial charge on any atom is -0.504 e. The van der Waals surface area contributed by atoms with Gasteiger partial charge in [-0.1, -0.05) is 42.5 Å². The predicted molar refractivity (Wildman–Crippen MR) is 193 cm³/mol. The Morgan fingerprint density at radius 1 is 0.474 bits per heavy atom. The molecule has 5 aromatic heterocycles. The van der Waals surface area contributed by atoms with Crippen molar-refractivity contribution in [3.63, 3.8) is 0 Å². The van der Waals surface area contributed by atoms with Crippen LogP contribution in [-0.2, 0) is 0 Å². The number of thiophene rings is 3. The van der Waals surface area contributed by atoms with Crippen LogP contribution < -0.4 is 0 Å². The number of ketones is 3. The van der Waals surface area contributed by atoms with Crippen LogP contribution in [0.5, 0.6) is 0 Å². The second-order valence-electron chi connectivity index (χ2n) is 10.3. The minimum absolute atomic E-state index is 0. The Bertz CT molecular complexity index is 2090. The summed E-state index contributed by atoms with van der Waals surface area (Å²) in [5, 5.41) is 32.4. The van der Waals surface area contributed by atoms with Gasteiger partial charge in [-0.3, -0.25) is 24.4 Å². The monoisotopic (exact) mass is 999 g/mol. The third kappa shape index (κ3) is 15.9. The van der Waals surface area contributed by atoms with E-state index >= 15 is 0 Å². The van der Waals surface area contributed by atoms with Crippen molar-refractivity contribution in [1.82, 2.24) is 9.97 Å². The second-order valence-corrected chi connectivity index (χ2v) is 13.2. The molecule has 3 N–H and O–H groups in total. The van der Waals surface area contributed by atoms with E-state index < -0.39 is 53.2 Å². The van der Waals surface area contributed by atoms with Gasteiger partial charge in [0.2, 0.25) is 17.3 Å². The van der Waals surface area contributed by atoms with Crippen molar-refractivity contribution >= 4 is 73.2 Å². The molecule has 21 heteroatoms. The molecule has 0 fully saturated rings. The Morgan fingerprint density at radius 3 is 0.982 bits per heavy atom. The molecule has 8 nitrogen and oxygen atoms in total. The number of carbonyl (C=O) groups is 3. The number of benzene rings is 1. The van der Waals surface area contributed by atoms with Gasteiger partial charge in [0.15, 0.2) is 17.3 Å². The molecule has 0 atom stereocenters. The topological polar surface area (TPSA) is 138 Å². The second kappa shape index (κ2) is 22.0. The number of rotatable bonds is 6. The first-order valence-corrected chi connectivity index (χ1v) is 17.6. The summed E-state index contributed by atoms with van der Waals surface area (Å²) in [6.07, 6.45) is -10.5. The number of hydrogen-bond donors (Lipinski definition) is 3. The number of hydrogen-bond acceptors (Lipinski definition) is 11. The molecule has 0 saturated carbocycles. The van der Waals surface area contributed by atoms with Crippen LogP contribution in [0.25, 0.3) is 21.8 Å². The Kier molecular flexibility index (Phi) is 18.9. The van der Waals surface area contributed by atoms with Crippen LogP contribution in [0.15, 0.2) is 137 Å². The first-order chi connectivity index (χ1) is 26.2. The van der Waals surface area contributed by atoms with Gasteiger partial charge in [-0.05, 0) is 46.5 Å². The van der Waals surface area contributed by atoms with E-state index in [0.717, 1.165) is 55.8 Å². The number of halogens is 9.